The lowest BCUT2D eigenvalue weighted by Gasteiger charge is -2.18. The van der Waals surface area contributed by atoms with Crippen molar-refractivity contribution in [3.05, 3.63) is 12.2 Å². The van der Waals surface area contributed by atoms with Crippen molar-refractivity contribution in [1.82, 2.24) is 0 Å². The molecule has 0 bridgehead atoms. The van der Waals surface area contributed by atoms with E-state index in [1.807, 2.05) is 0 Å². The summed E-state index contributed by atoms with van der Waals surface area (Å²) in [6.07, 6.45) is 82.4. The van der Waals surface area contributed by atoms with Gasteiger partial charge in [-0.2, -0.15) is 0 Å². The van der Waals surface area contributed by atoms with E-state index in [1.165, 1.54) is 321 Å². The van der Waals surface area contributed by atoms with E-state index in [4.69, 9.17) is 14.2 Å². The molecule has 0 aliphatic heterocycles. The van der Waals surface area contributed by atoms with E-state index in [1.54, 1.807) is 0 Å². The van der Waals surface area contributed by atoms with Crippen molar-refractivity contribution in [3.8, 4) is 0 Å². The summed E-state index contributed by atoms with van der Waals surface area (Å²) in [4.78, 5) is 38.5. The van der Waals surface area contributed by atoms with Gasteiger partial charge in [0.15, 0.2) is 6.10 Å². The molecule has 0 aromatic rings. The van der Waals surface area contributed by atoms with Crippen LogP contribution in [0, 0.1) is 0 Å². The quantitative estimate of drug-likeness (QED) is 0.0261. The summed E-state index contributed by atoms with van der Waals surface area (Å²) in [6, 6.07) is 0. The molecule has 0 radical (unpaired) electrons. The summed E-state index contributed by atoms with van der Waals surface area (Å²) in [7, 11) is 0. The summed E-state index contributed by atoms with van der Waals surface area (Å²) < 4.78 is 17.0. The number of ether oxygens (including phenoxy) is 3. The van der Waals surface area contributed by atoms with Crippen LogP contribution >= 0.6 is 0 Å². The van der Waals surface area contributed by atoms with Crippen LogP contribution in [0.3, 0.4) is 0 Å². The van der Waals surface area contributed by atoms with E-state index in [9.17, 15) is 14.4 Å². The number of hydrogen-bond donors (Lipinski definition) is 0. The Labute approximate surface area is 494 Å². The predicted molar refractivity (Wildman–Crippen MR) is 344 cm³/mol. The van der Waals surface area contributed by atoms with Gasteiger partial charge >= 0.3 is 17.9 Å². The van der Waals surface area contributed by atoms with Crippen LogP contribution < -0.4 is 0 Å². The number of esters is 3. The van der Waals surface area contributed by atoms with E-state index in [2.05, 4.69) is 32.9 Å². The molecule has 0 aromatic carbocycles. The molecule has 6 heteroatoms. The van der Waals surface area contributed by atoms with Crippen molar-refractivity contribution < 1.29 is 28.6 Å². The fraction of sp³-hybridized carbons (Fsp3) is 0.932. The molecule has 6 nitrogen and oxygen atoms in total. The highest BCUT2D eigenvalue weighted by atomic mass is 16.6. The third-order valence-corrected chi connectivity index (χ3v) is 16.8. The lowest BCUT2D eigenvalue weighted by Crippen LogP contribution is -2.30. The standard InChI is InChI=1S/C73H140O6/c1-4-7-10-13-16-19-22-25-28-31-33-34-35-36-37-38-39-40-41-43-45-48-51-54-57-60-63-66-72(75)78-69-70(68-77-71(74)65-62-59-56-53-50-47-44-30-27-24-21-18-15-12-9-6-3)79-73(76)67-64-61-58-55-52-49-46-42-32-29-26-23-20-17-14-11-8-5-2/h31,33,70H,4-30,32,34-69H2,1-3H3/b33-31-. The minimum absolute atomic E-state index is 0.0619. The van der Waals surface area contributed by atoms with Crippen LogP contribution in [-0.2, 0) is 28.6 Å². The van der Waals surface area contributed by atoms with Gasteiger partial charge < -0.3 is 14.2 Å². The first-order chi connectivity index (χ1) is 39.0. The summed E-state index contributed by atoms with van der Waals surface area (Å²) in [6.45, 7) is 6.74. The predicted octanol–water partition coefficient (Wildman–Crippen LogP) is 24.8. The molecule has 0 saturated heterocycles. The van der Waals surface area contributed by atoms with Crippen molar-refractivity contribution in [2.24, 2.45) is 0 Å². The third-order valence-electron chi connectivity index (χ3n) is 16.8. The monoisotopic (exact) mass is 1110 g/mol. The number of unbranched alkanes of at least 4 members (excludes halogenated alkanes) is 55. The first kappa shape index (κ1) is 77.2. The maximum Gasteiger partial charge on any atom is 0.306 e. The van der Waals surface area contributed by atoms with Crippen LogP contribution in [0.5, 0.6) is 0 Å². The minimum atomic E-state index is -0.765. The molecule has 1 unspecified atom stereocenters. The Morgan fingerprint density at radius 1 is 0.241 bits per heavy atom. The van der Waals surface area contributed by atoms with Crippen LogP contribution in [0.4, 0.5) is 0 Å². The van der Waals surface area contributed by atoms with Crippen molar-refractivity contribution in [2.45, 2.75) is 425 Å². The summed E-state index contributed by atoms with van der Waals surface area (Å²) in [5.41, 5.74) is 0. The van der Waals surface area contributed by atoms with E-state index in [0.29, 0.717) is 19.3 Å². The van der Waals surface area contributed by atoms with Crippen LogP contribution in [0.1, 0.15) is 419 Å². The first-order valence-corrected chi connectivity index (χ1v) is 36.2. The smallest absolute Gasteiger partial charge is 0.306 e. The zero-order chi connectivity index (χ0) is 57.1. The zero-order valence-corrected chi connectivity index (χ0v) is 53.9. The van der Waals surface area contributed by atoms with E-state index < -0.39 is 6.10 Å². The van der Waals surface area contributed by atoms with Crippen LogP contribution in [0.25, 0.3) is 0 Å². The Hall–Kier alpha value is -1.85. The van der Waals surface area contributed by atoms with Gasteiger partial charge in [-0.25, -0.2) is 0 Å². The van der Waals surface area contributed by atoms with Gasteiger partial charge in [0.1, 0.15) is 13.2 Å². The highest BCUT2D eigenvalue weighted by molar-refractivity contribution is 5.71. The molecule has 0 rings (SSSR count). The maximum absolute atomic E-state index is 13.0. The fourth-order valence-electron chi connectivity index (χ4n) is 11.3. The second-order valence-corrected chi connectivity index (χ2v) is 24.9. The SMILES string of the molecule is CCCCCCCCCC/C=C\CCCCCCCCCCCCCCCCCC(=O)OCC(COC(=O)CCCCCCCCCCCCCCCCCC)OC(=O)CCCCCCCCCCCCCCCCCCCC. The minimum Gasteiger partial charge on any atom is -0.462 e. The average Bonchev–Trinajstić information content (AvgIpc) is 3.45. The number of carbonyl (C=O) groups is 3. The molecule has 0 fully saturated rings. The molecule has 0 spiro atoms. The van der Waals surface area contributed by atoms with E-state index in [-0.39, 0.29) is 31.1 Å². The van der Waals surface area contributed by atoms with Gasteiger partial charge in [0.25, 0.3) is 0 Å². The maximum atomic E-state index is 13.0. The number of allylic oxidation sites excluding steroid dienone is 2. The molecule has 79 heavy (non-hydrogen) atoms. The van der Waals surface area contributed by atoms with Crippen molar-refractivity contribution >= 4 is 17.9 Å². The molecular weight excluding hydrogens is 973 g/mol. The fourth-order valence-corrected chi connectivity index (χ4v) is 11.3. The van der Waals surface area contributed by atoms with Crippen LogP contribution in [-0.4, -0.2) is 37.2 Å². The number of rotatable bonds is 68. The van der Waals surface area contributed by atoms with Crippen molar-refractivity contribution in [3.63, 3.8) is 0 Å². The molecule has 1 atom stereocenters. The lowest BCUT2D eigenvalue weighted by molar-refractivity contribution is -0.167. The number of hydrogen-bond acceptors (Lipinski definition) is 6. The Kier molecular flexibility index (Phi) is 67.0. The molecule has 0 saturated carbocycles. The van der Waals surface area contributed by atoms with Gasteiger partial charge in [0.05, 0.1) is 0 Å². The van der Waals surface area contributed by atoms with Gasteiger partial charge in [0.2, 0.25) is 0 Å². The summed E-state index contributed by atoms with van der Waals surface area (Å²) in [5, 5.41) is 0. The Balaban J connectivity index is 4.21. The topological polar surface area (TPSA) is 78.9 Å². The second kappa shape index (κ2) is 68.6. The molecular formula is C73H140O6. The van der Waals surface area contributed by atoms with Gasteiger partial charge in [-0.3, -0.25) is 14.4 Å². The Morgan fingerprint density at radius 3 is 0.633 bits per heavy atom. The third kappa shape index (κ3) is 66.8. The van der Waals surface area contributed by atoms with Gasteiger partial charge in [0, 0.05) is 19.3 Å². The average molecular weight is 1110 g/mol. The van der Waals surface area contributed by atoms with Crippen LogP contribution in [0.2, 0.25) is 0 Å². The molecule has 0 N–H and O–H groups in total. The van der Waals surface area contributed by atoms with Gasteiger partial charge in [-0.15, -0.1) is 0 Å². The summed E-state index contributed by atoms with van der Waals surface area (Å²) in [5.74, 6) is -0.823. The molecule has 0 amide bonds. The lowest BCUT2D eigenvalue weighted by atomic mass is 10.0. The molecule has 0 aliphatic carbocycles. The van der Waals surface area contributed by atoms with Crippen LogP contribution in [0.15, 0.2) is 12.2 Å². The highest BCUT2D eigenvalue weighted by Gasteiger charge is 2.20. The normalized spacial score (nSPS) is 12.0. The Bertz CT molecular complexity index is 1230. The first-order valence-electron chi connectivity index (χ1n) is 36.2. The van der Waals surface area contributed by atoms with E-state index in [0.717, 1.165) is 57.8 Å². The largest absolute Gasteiger partial charge is 0.462 e. The van der Waals surface area contributed by atoms with E-state index >= 15 is 0 Å². The van der Waals surface area contributed by atoms with Crippen molar-refractivity contribution in [2.75, 3.05) is 13.2 Å². The second-order valence-electron chi connectivity index (χ2n) is 24.9. The molecule has 0 heterocycles. The highest BCUT2D eigenvalue weighted by Crippen LogP contribution is 2.19. The molecule has 468 valence electrons. The van der Waals surface area contributed by atoms with Gasteiger partial charge in [-0.1, -0.05) is 367 Å². The number of carbonyl (C=O) groups excluding carboxylic acids is 3. The summed E-state index contributed by atoms with van der Waals surface area (Å²) >= 11 is 0. The molecule has 0 aliphatic rings. The van der Waals surface area contributed by atoms with Gasteiger partial charge in [-0.05, 0) is 44.9 Å². The Morgan fingerprint density at radius 2 is 0.418 bits per heavy atom. The van der Waals surface area contributed by atoms with Crippen molar-refractivity contribution in [1.29, 1.82) is 0 Å². The molecule has 0 aromatic heterocycles. The zero-order valence-electron chi connectivity index (χ0n) is 53.9.